The van der Waals surface area contributed by atoms with Crippen LogP contribution in [0.25, 0.3) is 10.2 Å². The van der Waals surface area contributed by atoms with E-state index in [1.807, 2.05) is 37.2 Å². The van der Waals surface area contributed by atoms with E-state index in [1.54, 1.807) is 30.2 Å². The summed E-state index contributed by atoms with van der Waals surface area (Å²) < 4.78 is 6.24. The summed E-state index contributed by atoms with van der Waals surface area (Å²) in [6, 6.07) is 10.6. The van der Waals surface area contributed by atoms with E-state index < -0.39 is 0 Å². The molecule has 0 unspecified atom stereocenters. The second kappa shape index (κ2) is 9.76. The molecule has 1 amide bonds. The van der Waals surface area contributed by atoms with E-state index in [1.165, 1.54) is 11.3 Å². The Morgan fingerprint density at radius 2 is 1.89 bits per heavy atom. The second-order valence-electron chi connectivity index (χ2n) is 6.21. The fraction of sp³-hybridized carbons (Fsp3) is 0.263. The molecule has 1 heterocycles. The number of halogens is 3. The van der Waals surface area contributed by atoms with Crippen molar-refractivity contribution in [2.45, 2.75) is 0 Å². The zero-order valence-corrected chi connectivity index (χ0v) is 18.8. The zero-order valence-electron chi connectivity index (χ0n) is 15.6. The number of nitrogens with zero attached hydrogens (tertiary/aromatic N) is 3. The minimum Gasteiger partial charge on any atom is -0.497 e. The normalized spacial score (nSPS) is 10.8. The highest BCUT2D eigenvalue weighted by molar-refractivity contribution is 7.22. The maximum atomic E-state index is 13.2. The molecule has 0 saturated carbocycles. The molecule has 2 aromatic carbocycles. The lowest BCUT2D eigenvalue weighted by Crippen LogP contribution is -2.36. The van der Waals surface area contributed by atoms with E-state index in [-0.39, 0.29) is 18.3 Å². The number of amides is 1. The largest absolute Gasteiger partial charge is 0.497 e. The van der Waals surface area contributed by atoms with Gasteiger partial charge in [0, 0.05) is 24.2 Å². The van der Waals surface area contributed by atoms with Crippen LogP contribution in [0.3, 0.4) is 0 Å². The summed E-state index contributed by atoms with van der Waals surface area (Å²) in [5.41, 5.74) is 1.19. The predicted molar refractivity (Wildman–Crippen MR) is 120 cm³/mol. The monoisotopic (exact) mass is 459 g/mol. The van der Waals surface area contributed by atoms with Crippen molar-refractivity contribution in [2.24, 2.45) is 0 Å². The second-order valence-corrected chi connectivity index (χ2v) is 8.07. The summed E-state index contributed by atoms with van der Waals surface area (Å²) in [5.74, 6) is 0.524. The summed E-state index contributed by atoms with van der Waals surface area (Å²) in [6.45, 7) is 1.18. The van der Waals surface area contributed by atoms with E-state index in [0.29, 0.717) is 33.8 Å². The number of methoxy groups -OCH3 is 1. The standard InChI is InChI=1S/C19H19Cl2N3O2S.ClH/c1-23(2)8-9-24(18(25)14-6-4-12(20)10-15(14)21)19-22-16-11-13(26-3)5-7-17(16)27-19;/h4-7,10-11H,8-9H2,1-3H3;1H. The lowest BCUT2D eigenvalue weighted by molar-refractivity contribution is 0.0985. The van der Waals surface area contributed by atoms with Crippen LogP contribution in [0.4, 0.5) is 5.13 Å². The topological polar surface area (TPSA) is 45.7 Å². The van der Waals surface area contributed by atoms with Crippen molar-refractivity contribution in [1.82, 2.24) is 9.88 Å². The number of rotatable bonds is 6. The third-order valence-corrected chi connectivity index (χ3v) is 5.60. The van der Waals surface area contributed by atoms with Gasteiger partial charge in [0.15, 0.2) is 5.13 Å². The van der Waals surface area contributed by atoms with Crippen LogP contribution < -0.4 is 9.64 Å². The maximum absolute atomic E-state index is 13.2. The molecule has 0 saturated heterocycles. The number of aromatic nitrogens is 1. The molecule has 1 aromatic heterocycles. The van der Waals surface area contributed by atoms with Crippen molar-refractivity contribution in [3.8, 4) is 5.75 Å². The SMILES string of the molecule is COc1ccc2sc(N(CCN(C)C)C(=O)c3ccc(Cl)cc3Cl)nc2c1.Cl. The van der Waals surface area contributed by atoms with Crippen molar-refractivity contribution in [1.29, 1.82) is 0 Å². The highest BCUT2D eigenvalue weighted by atomic mass is 35.5. The lowest BCUT2D eigenvalue weighted by atomic mass is 10.2. The Kier molecular flexibility index (Phi) is 7.92. The molecule has 28 heavy (non-hydrogen) atoms. The quantitative estimate of drug-likeness (QED) is 0.504. The molecule has 3 aromatic rings. The Morgan fingerprint density at radius 3 is 2.54 bits per heavy atom. The van der Waals surface area contributed by atoms with Crippen molar-refractivity contribution >= 4 is 68.2 Å². The average Bonchev–Trinajstić information content (AvgIpc) is 3.04. The van der Waals surface area contributed by atoms with Gasteiger partial charge in [-0.25, -0.2) is 4.98 Å². The van der Waals surface area contributed by atoms with Gasteiger partial charge in [0.05, 0.1) is 27.9 Å². The molecule has 0 atom stereocenters. The van der Waals surface area contributed by atoms with Gasteiger partial charge in [-0.1, -0.05) is 34.5 Å². The highest BCUT2D eigenvalue weighted by Crippen LogP contribution is 2.33. The first-order valence-electron chi connectivity index (χ1n) is 8.25. The van der Waals surface area contributed by atoms with E-state index in [2.05, 4.69) is 4.98 Å². The summed E-state index contributed by atoms with van der Waals surface area (Å²) in [7, 11) is 5.53. The predicted octanol–water partition coefficient (Wildman–Crippen LogP) is 5.24. The zero-order chi connectivity index (χ0) is 19.6. The number of ether oxygens (including phenoxy) is 1. The van der Waals surface area contributed by atoms with Crippen LogP contribution in [-0.2, 0) is 0 Å². The first-order chi connectivity index (χ1) is 12.9. The number of fused-ring (bicyclic) bond motifs is 1. The third-order valence-electron chi connectivity index (χ3n) is 3.99. The average molecular weight is 461 g/mol. The number of thiazole rings is 1. The van der Waals surface area contributed by atoms with Gasteiger partial charge in [0.25, 0.3) is 5.91 Å². The van der Waals surface area contributed by atoms with E-state index >= 15 is 0 Å². The van der Waals surface area contributed by atoms with E-state index in [9.17, 15) is 4.79 Å². The summed E-state index contributed by atoms with van der Waals surface area (Å²) in [5, 5.41) is 1.43. The Balaban J connectivity index is 0.00000280. The molecular formula is C19H20Cl3N3O2S. The van der Waals surface area contributed by atoms with Gasteiger partial charge in [-0.2, -0.15) is 0 Å². The van der Waals surface area contributed by atoms with Crippen LogP contribution in [0.2, 0.25) is 10.0 Å². The summed E-state index contributed by atoms with van der Waals surface area (Å²) in [6.07, 6.45) is 0. The highest BCUT2D eigenvalue weighted by Gasteiger charge is 2.23. The Hall–Kier alpha value is -1.57. The van der Waals surface area contributed by atoms with Crippen molar-refractivity contribution in [3.05, 3.63) is 52.0 Å². The van der Waals surface area contributed by atoms with Crippen LogP contribution in [0.5, 0.6) is 5.75 Å². The number of hydrogen-bond donors (Lipinski definition) is 0. The smallest absolute Gasteiger partial charge is 0.261 e. The molecule has 3 rings (SSSR count). The Morgan fingerprint density at radius 1 is 1.14 bits per heavy atom. The Labute approximate surface area is 184 Å². The van der Waals surface area contributed by atoms with E-state index in [4.69, 9.17) is 27.9 Å². The third kappa shape index (κ3) is 5.07. The van der Waals surface area contributed by atoms with Gasteiger partial charge in [0.1, 0.15) is 5.75 Å². The summed E-state index contributed by atoms with van der Waals surface area (Å²) in [4.78, 5) is 21.5. The Bertz CT molecular complexity index is 978. The van der Waals surface area contributed by atoms with Crippen molar-refractivity contribution in [3.63, 3.8) is 0 Å². The van der Waals surface area contributed by atoms with Crippen molar-refractivity contribution < 1.29 is 9.53 Å². The molecule has 0 radical (unpaired) electrons. The van der Waals surface area contributed by atoms with Gasteiger partial charge in [-0.3, -0.25) is 9.69 Å². The fourth-order valence-electron chi connectivity index (χ4n) is 2.53. The van der Waals surface area contributed by atoms with Gasteiger partial charge in [-0.15, -0.1) is 12.4 Å². The van der Waals surface area contributed by atoms with Gasteiger partial charge in [-0.05, 0) is 44.4 Å². The van der Waals surface area contributed by atoms with Crippen LogP contribution in [0.1, 0.15) is 10.4 Å². The number of likely N-dealkylation sites (N-methyl/N-ethyl adjacent to an activating group) is 1. The molecule has 5 nitrogen and oxygen atoms in total. The van der Waals surface area contributed by atoms with Gasteiger partial charge >= 0.3 is 0 Å². The molecule has 0 spiro atoms. The lowest BCUT2D eigenvalue weighted by Gasteiger charge is -2.22. The minimum atomic E-state index is -0.204. The number of carbonyl (C=O) groups is 1. The van der Waals surface area contributed by atoms with Crippen molar-refractivity contribution in [2.75, 3.05) is 39.2 Å². The number of benzene rings is 2. The molecule has 150 valence electrons. The molecule has 9 heteroatoms. The number of hydrogen-bond acceptors (Lipinski definition) is 5. The molecule has 0 bridgehead atoms. The maximum Gasteiger partial charge on any atom is 0.261 e. The van der Waals surface area contributed by atoms with Gasteiger partial charge in [0.2, 0.25) is 0 Å². The number of anilines is 1. The van der Waals surface area contributed by atoms with Crippen LogP contribution >= 0.6 is 46.9 Å². The van der Waals surface area contributed by atoms with Crippen LogP contribution in [-0.4, -0.2) is 50.1 Å². The minimum absolute atomic E-state index is 0. The first kappa shape index (κ1) is 22.7. The molecular weight excluding hydrogens is 441 g/mol. The molecule has 0 aliphatic heterocycles. The van der Waals surface area contributed by atoms with E-state index in [0.717, 1.165) is 16.0 Å². The van der Waals surface area contributed by atoms with Crippen LogP contribution in [0.15, 0.2) is 36.4 Å². The summed E-state index contributed by atoms with van der Waals surface area (Å²) >= 11 is 13.7. The molecule has 0 N–H and O–H groups in total. The fourth-order valence-corrected chi connectivity index (χ4v) is 3.99. The first-order valence-corrected chi connectivity index (χ1v) is 9.82. The van der Waals surface area contributed by atoms with Crippen LogP contribution in [0, 0.1) is 0 Å². The number of carbonyl (C=O) groups excluding carboxylic acids is 1. The molecule has 0 aliphatic rings. The molecule has 0 fully saturated rings. The van der Waals surface area contributed by atoms with Gasteiger partial charge < -0.3 is 9.64 Å². The molecule has 0 aliphatic carbocycles.